The molecule has 1 N–H and O–H groups in total. The molecule has 6 heteroatoms. The molecule has 3 rings (SSSR count). The van der Waals surface area contributed by atoms with E-state index >= 15 is 0 Å². The molecule has 0 aliphatic carbocycles. The van der Waals surface area contributed by atoms with Crippen molar-refractivity contribution in [3.05, 3.63) is 94.0 Å². The number of nitrogens with one attached hydrogen (secondary N) is 1. The van der Waals surface area contributed by atoms with Crippen molar-refractivity contribution in [3.8, 4) is 11.5 Å². The molecular formula is C25H25ClN2O3. The second kappa shape index (κ2) is 11.2. The van der Waals surface area contributed by atoms with E-state index in [0.717, 1.165) is 12.2 Å². The fraction of sp³-hybridized carbons (Fsp3) is 0.200. The number of rotatable bonds is 9. The number of ether oxygens (including phenoxy) is 2. The number of halogens is 1. The molecule has 0 saturated carbocycles. The van der Waals surface area contributed by atoms with Crippen LogP contribution in [0.3, 0.4) is 0 Å². The molecule has 0 heterocycles. The molecule has 1 amide bonds. The van der Waals surface area contributed by atoms with Crippen LogP contribution in [0.2, 0.25) is 5.02 Å². The summed E-state index contributed by atoms with van der Waals surface area (Å²) in [6.07, 6.45) is 2.24. The van der Waals surface area contributed by atoms with Crippen molar-refractivity contribution in [1.29, 1.82) is 0 Å². The zero-order valence-corrected chi connectivity index (χ0v) is 18.4. The van der Waals surface area contributed by atoms with Crippen molar-refractivity contribution >= 4 is 23.7 Å². The van der Waals surface area contributed by atoms with Gasteiger partial charge in [0.1, 0.15) is 11.5 Å². The quantitative estimate of drug-likeness (QED) is 0.271. The summed E-state index contributed by atoms with van der Waals surface area (Å²) in [5, 5.41) is 4.59. The predicted molar refractivity (Wildman–Crippen MR) is 124 cm³/mol. The maximum Gasteiger partial charge on any atom is 0.271 e. The first-order chi connectivity index (χ1) is 15.0. The largest absolute Gasteiger partial charge is 0.493 e. The minimum atomic E-state index is -0.287. The summed E-state index contributed by atoms with van der Waals surface area (Å²) in [4.78, 5) is 12.1. The molecule has 0 radical (unpaired) electrons. The Morgan fingerprint density at radius 2 is 1.74 bits per heavy atom. The Bertz CT molecular complexity index is 1050. The number of aryl methyl sites for hydroxylation is 2. The third-order valence-electron chi connectivity index (χ3n) is 4.67. The van der Waals surface area contributed by atoms with Gasteiger partial charge in [-0.2, -0.15) is 5.10 Å². The van der Waals surface area contributed by atoms with Gasteiger partial charge in [0.05, 0.1) is 19.4 Å². The van der Waals surface area contributed by atoms with Gasteiger partial charge in [0.15, 0.2) is 0 Å². The highest BCUT2D eigenvalue weighted by molar-refractivity contribution is 6.30. The lowest BCUT2D eigenvalue weighted by Crippen LogP contribution is -2.17. The Morgan fingerprint density at radius 3 is 2.52 bits per heavy atom. The first kappa shape index (κ1) is 22.4. The van der Waals surface area contributed by atoms with Crippen LogP contribution in [-0.4, -0.2) is 25.3 Å². The van der Waals surface area contributed by atoms with E-state index in [9.17, 15) is 4.79 Å². The average molecular weight is 437 g/mol. The van der Waals surface area contributed by atoms with E-state index in [2.05, 4.69) is 30.4 Å². The number of benzene rings is 3. The SMILES string of the molecule is Cc1ccc(OCCCOc2ccc(Cl)cc2/C=N\NC(=O)c2ccccc2)cc1C. The number of amides is 1. The van der Waals surface area contributed by atoms with Crippen LogP contribution in [0.5, 0.6) is 11.5 Å². The standard InChI is InChI=1S/C25H25ClN2O3/c1-18-9-11-23(15-19(18)2)30-13-6-14-31-24-12-10-22(26)16-21(24)17-27-28-25(29)20-7-4-3-5-8-20/h3-5,7-12,15-17H,6,13-14H2,1-2H3,(H,28,29)/b27-17-. The average Bonchev–Trinajstić information content (AvgIpc) is 2.77. The zero-order chi connectivity index (χ0) is 22.1. The van der Waals surface area contributed by atoms with Gasteiger partial charge in [0.25, 0.3) is 5.91 Å². The van der Waals surface area contributed by atoms with Crippen molar-refractivity contribution in [1.82, 2.24) is 5.43 Å². The van der Waals surface area contributed by atoms with E-state index in [1.807, 2.05) is 18.2 Å². The van der Waals surface area contributed by atoms with Crippen LogP contribution in [0.15, 0.2) is 71.8 Å². The number of hydrazone groups is 1. The number of nitrogens with zero attached hydrogens (tertiary/aromatic N) is 1. The topological polar surface area (TPSA) is 59.9 Å². The van der Waals surface area contributed by atoms with Gasteiger partial charge >= 0.3 is 0 Å². The number of hydrogen-bond donors (Lipinski definition) is 1. The maximum absolute atomic E-state index is 12.1. The summed E-state index contributed by atoms with van der Waals surface area (Å²) in [7, 11) is 0. The third kappa shape index (κ3) is 6.86. The molecule has 0 fully saturated rings. The fourth-order valence-electron chi connectivity index (χ4n) is 2.80. The molecule has 0 saturated heterocycles. The Balaban J connectivity index is 1.51. The summed E-state index contributed by atoms with van der Waals surface area (Å²) in [5.41, 5.74) is 6.17. The molecular weight excluding hydrogens is 412 g/mol. The Morgan fingerprint density at radius 1 is 0.968 bits per heavy atom. The van der Waals surface area contributed by atoms with E-state index < -0.39 is 0 Å². The van der Waals surface area contributed by atoms with Crippen LogP contribution in [-0.2, 0) is 0 Å². The highest BCUT2D eigenvalue weighted by Crippen LogP contribution is 2.22. The molecule has 0 aromatic heterocycles. The first-order valence-electron chi connectivity index (χ1n) is 10.0. The molecule has 0 bridgehead atoms. The van der Waals surface area contributed by atoms with Gasteiger partial charge in [0.2, 0.25) is 0 Å². The van der Waals surface area contributed by atoms with Gasteiger partial charge in [-0.05, 0) is 67.4 Å². The van der Waals surface area contributed by atoms with Crippen molar-refractivity contribution in [2.45, 2.75) is 20.3 Å². The smallest absolute Gasteiger partial charge is 0.271 e. The zero-order valence-electron chi connectivity index (χ0n) is 17.6. The highest BCUT2D eigenvalue weighted by atomic mass is 35.5. The normalized spacial score (nSPS) is 10.8. The number of carbonyl (C=O) groups is 1. The van der Waals surface area contributed by atoms with Gasteiger partial charge in [0, 0.05) is 22.6 Å². The van der Waals surface area contributed by atoms with E-state index in [0.29, 0.717) is 35.1 Å². The summed E-state index contributed by atoms with van der Waals surface area (Å²) in [6.45, 7) is 5.17. The lowest BCUT2D eigenvalue weighted by Gasteiger charge is -2.11. The summed E-state index contributed by atoms with van der Waals surface area (Å²) in [6, 6.07) is 20.2. The molecule has 3 aromatic carbocycles. The number of hydrogen-bond acceptors (Lipinski definition) is 4. The van der Waals surface area contributed by atoms with Gasteiger partial charge in [-0.25, -0.2) is 5.43 Å². The summed E-state index contributed by atoms with van der Waals surface area (Å²) in [5.74, 6) is 1.20. The van der Waals surface area contributed by atoms with Crippen LogP contribution >= 0.6 is 11.6 Å². The van der Waals surface area contributed by atoms with Crippen molar-refractivity contribution in [2.75, 3.05) is 13.2 Å². The number of carbonyl (C=O) groups excluding carboxylic acids is 1. The monoisotopic (exact) mass is 436 g/mol. The fourth-order valence-corrected chi connectivity index (χ4v) is 2.98. The van der Waals surface area contributed by atoms with Gasteiger partial charge < -0.3 is 9.47 Å². The van der Waals surface area contributed by atoms with Crippen molar-refractivity contribution in [3.63, 3.8) is 0 Å². The highest BCUT2D eigenvalue weighted by Gasteiger charge is 2.05. The predicted octanol–water partition coefficient (Wildman–Crippen LogP) is 5.57. The van der Waals surface area contributed by atoms with Gasteiger partial charge in [-0.3, -0.25) is 4.79 Å². The van der Waals surface area contributed by atoms with E-state index in [1.54, 1.807) is 42.5 Å². The minimum absolute atomic E-state index is 0.287. The minimum Gasteiger partial charge on any atom is -0.493 e. The van der Waals surface area contributed by atoms with Crippen LogP contribution < -0.4 is 14.9 Å². The summed E-state index contributed by atoms with van der Waals surface area (Å²) >= 11 is 6.11. The van der Waals surface area contributed by atoms with Crippen molar-refractivity contribution < 1.29 is 14.3 Å². The van der Waals surface area contributed by atoms with Crippen molar-refractivity contribution in [2.24, 2.45) is 5.10 Å². The third-order valence-corrected chi connectivity index (χ3v) is 4.91. The second-order valence-corrected chi connectivity index (χ2v) is 7.48. The molecule has 0 unspecified atom stereocenters. The van der Waals surface area contributed by atoms with Crippen LogP contribution in [0.4, 0.5) is 0 Å². The van der Waals surface area contributed by atoms with Crippen LogP contribution in [0.1, 0.15) is 33.5 Å². The Hall–Kier alpha value is -3.31. The molecule has 160 valence electrons. The Kier molecular flexibility index (Phi) is 8.07. The van der Waals surface area contributed by atoms with Gasteiger partial charge in [-0.15, -0.1) is 0 Å². The lowest BCUT2D eigenvalue weighted by molar-refractivity contribution is 0.0955. The Labute approximate surface area is 187 Å². The van der Waals surface area contributed by atoms with E-state index in [1.165, 1.54) is 17.3 Å². The molecule has 0 spiro atoms. The maximum atomic E-state index is 12.1. The molecule has 31 heavy (non-hydrogen) atoms. The molecule has 0 aliphatic rings. The van der Waals surface area contributed by atoms with E-state index in [4.69, 9.17) is 21.1 Å². The summed E-state index contributed by atoms with van der Waals surface area (Å²) < 4.78 is 11.7. The van der Waals surface area contributed by atoms with E-state index in [-0.39, 0.29) is 5.91 Å². The van der Waals surface area contributed by atoms with Crippen LogP contribution in [0, 0.1) is 13.8 Å². The van der Waals surface area contributed by atoms with Gasteiger partial charge in [-0.1, -0.05) is 35.9 Å². The van der Waals surface area contributed by atoms with Crippen LogP contribution in [0.25, 0.3) is 0 Å². The molecule has 0 atom stereocenters. The molecule has 0 aliphatic heterocycles. The lowest BCUT2D eigenvalue weighted by atomic mass is 10.1. The first-order valence-corrected chi connectivity index (χ1v) is 10.4. The molecule has 5 nitrogen and oxygen atoms in total. The second-order valence-electron chi connectivity index (χ2n) is 7.04. The molecule has 3 aromatic rings.